The van der Waals surface area contributed by atoms with Gasteiger partial charge in [0.15, 0.2) is 0 Å². The number of rotatable bonds is 7. The second-order valence-corrected chi connectivity index (χ2v) is 6.65. The van der Waals surface area contributed by atoms with Crippen LogP contribution in [-0.4, -0.2) is 55.3 Å². The van der Waals surface area contributed by atoms with E-state index in [0.29, 0.717) is 49.5 Å². The molecular formula is C19H23ClN4O3. The highest BCUT2D eigenvalue weighted by atomic mass is 35.5. The van der Waals surface area contributed by atoms with Gasteiger partial charge in [-0.1, -0.05) is 23.7 Å². The fourth-order valence-electron chi connectivity index (χ4n) is 2.75. The van der Waals surface area contributed by atoms with Gasteiger partial charge in [-0.15, -0.1) is 0 Å². The molecule has 1 fully saturated rings. The van der Waals surface area contributed by atoms with E-state index < -0.39 is 0 Å². The van der Waals surface area contributed by atoms with Crippen molar-refractivity contribution in [1.82, 2.24) is 15.3 Å². The number of anilines is 1. The molecular weight excluding hydrogens is 368 g/mol. The van der Waals surface area contributed by atoms with Crippen molar-refractivity contribution in [3.05, 3.63) is 46.7 Å². The second-order valence-electron chi connectivity index (χ2n) is 6.21. The van der Waals surface area contributed by atoms with E-state index in [4.69, 9.17) is 21.1 Å². The average molecular weight is 391 g/mol. The van der Waals surface area contributed by atoms with E-state index in [1.165, 1.54) is 0 Å². The third-order valence-electron chi connectivity index (χ3n) is 4.09. The number of morpholine rings is 1. The maximum absolute atomic E-state index is 12.0. The van der Waals surface area contributed by atoms with Crippen LogP contribution in [0.25, 0.3) is 0 Å². The molecule has 8 heteroatoms. The van der Waals surface area contributed by atoms with E-state index in [2.05, 4.69) is 20.2 Å². The van der Waals surface area contributed by atoms with E-state index in [1.54, 1.807) is 12.1 Å². The standard InChI is InChI=1S/C19H23ClN4O3/c1-14-22-17(24-7-10-26-11-8-24)13-19(23-14)27-9-6-21-18(25)12-15-2-4-16(20)5-3-15/h2-5,13H,6-12H2,1H3,(H,21,25). The van der Waals surface area contributed by atoms with Gasteiger partial charge >= 0.3 is 0 Å². The lowest BCUT2D eigenvalue weighted by molar-refractivity contribution is -0.120. The van der Waals surface area contributed by atoms with Crippen molar-refractivity contribution in [2.75, 3.05) is 44.4 Å². The maximum Gasteiger partial charge on any atom is 0.224 e. The highest BCUT2D eigenvalue weighted by Crippen LogP contribution is 2.18. The molecule has 0 unspecified atom stereocenters. The molecule has 0 saturated carbocycles. The van der Waals surface area contributed by atoms with Gasteiger partial charge in [-0.25, -0.2) is 4.98 Å². The molecule has 0 aliphatic carbocycles. The second kappa shape index (κ2) is 9.53. The van der Waals surface area contributed by atoms with Gasteiger partial charge in [0.25, 0.3) is 0 Å². The third kappa shape index (κ3) is 6.08. The zero-order valence-corrected chi connectivity index (χ0v) is 16.0. The Hall–Kier alpha value is -2.38. The number of hydrogen-bond acceptors (Lipinski definition) is 6. The number of nitrogens with one attached hydrogen (secondary N) is 1. The van der Waals surface area contributed by atoms with Crippen LogP contribution in [0, 0.1) is 6.92 Å². The van der Waals surface area contributed by atoms with Crippen molar-refractivity contribution < 1.29 is 14.3 Å². The van der Waals surface area contributed by atoms with Crippen LogP contribution in [0.5, 0.6) is 5.88 Å². The first kappa shape index (κ1) is 19.4. The summed E-state index contributed by atoms with van der Waals surface area (Å²) in [6.45, 7) is 5.57. The monoisotopic (exact) mass is 390 g/mol. The number of halogens is 1. The van der Waals surface area contributed by atoms with E-state index in [9.17, 15) is 4.79 Å². The first-order valence-electron chi connectivity index (χ1n) is 8.92. The SMILES string of the molecule is Cc1nc(OCCNC(=O)Cc2ccc(Cl)cc2)cc(N2CCOCC2)n1. The number of carbonyl (C=O) groups excluding carboxylic acids is 1. The van der Waals surface area contributed by atoms with Crippen molar-refractivity contribution in [2.24, 2.45) is 0 Å². The number of nitrogens with zero attached hydrogens (tertiary/aromatic N) is 3. The van der Waals surface area contributed by atoms with Gasteiger partial charge in [0.05, 0.1) is 26.2 Å². The van der Waals surface area contributed by atoms with E-state index in [0.717, 1.165) is 24.5 Å². The highest BCUT2D eigenvalue weighted by Gasteiger charge is 2.14. The smallest absolute Gasteiger partial charge is 0.224 e. The molecule has 1 N–H and O–H groups in total. The van der Waals surface area contributed by atoms with Crippen molar-refractivity contribution in [2.45, 2.75) is 13.3 Å². The minimum atomic E-state index is -0.0613. The van der Waals surface area contributed by atoms with Crippen molar-refractivity contribution in [3.63, 3.8) is 0 Å². The summed E-state index contributed by atoms with van der Waals surface area (Å²) in [5.74, 6) is 1.94. The Morgan fingerprint density at radius 1 is 1.26 bits per heavy atom. The summed E-state index contributed by atoms with van der Waals surface area (Å²) in [5.41, 5.74) is 0.916. The molecule has 1 aliphatic heterocycles. The van der Waals surface area contributed by atoms with Crippen LogP contribution < -0.4 is 15.0 Å². The molecule has 1 aliphatic rings. The van der Waals surface area contributed by atoms with E-state index >= 15 is 0 Å². The van der Waals surface area contributed by atoms with Crippen molar-refractivity contribution in [3.8, 4) is 5.88 Å². The molecule has 7 nitrogen and oxygen atoms in total. The first-order chi connectivity index (χ1) is 13.1. The molecule has 1 amide bonds. The summed E-state index contributed by atoms with van der Waals surface area (Å²) in [6, 6.07) is 9.06. The fourth-order valence-corrected chi connectivity index (χ4v) is 2.88. The van der Waals surface area contributed by atoms with Crippen LogP contribution in [-0.2, 0) is 16.0 Å². The fraction of sp³-hybridized carbons (Fsp3) is 0.421. The molecule has 0 radical (unpaired) electrons. The van der Waals surface area contributed by atoms with Gasteiger partial charge in [-0.3, -0.25) is 4.79 Å². The van der Waals surface area contributed by atoms with Crippen LogP contribution in [0.2, 0.25) is 5.02 Å². The number of aromatic nitrogens is 2. The number of hydrogen-bond donors (Lipinski definition) is 1. The van der Waals surface area contributed by atoms with E-state index in [1.807, 2.05) is 25.1 Å². The molecule has 3 rings (SSSR count). The molecule has 1 aromatic carbocycles. The summed E-state index contributed by atoms with van der Waals surface area (Å²) in [4.78, 5) is 22.9. The van der Waals surface area contributed by atoms with Crippen molar-refractivity contribution in [1.29, 1.82) is 0 Å². The molecule has 1 aromatic heterocycles. The molecule has 144 valence electrons. The van der Waals surface area contributed by atoms with Crippen LogP contribution in [0.4, 0.5) is 5.82 Å². The summed E-state index contributed by atoms with van der Waals surface area (Å²) < 4.78 is 11.1. The lowest BCUT2D eigenvalue weighted by Crippen LogP contribution is -2.37. The van der Waals surface area contributed by atoms with Gasteiger partial charge in [-0.2, -0.15) is 4.98 Å². The highest BCUT2D eigenvalue weighted by molar-refractivity contribution is 6.30. The minimum absolute atomic E-state index is 0.0613. The van der Waals surface area contributed by atoms with Gasteiger partial charge < -0.3 is 19.7 Å². The molecule has 0 bridgehead atoms. The maximum atomic E-state index is 12.0. The normalized spacial score (nSPS) is 14.1. The molecule has 2 heterocycles. The first-order valence-corrected chi connectivity index (χ1v) is 9.30. The zero-order valence-electron chi connectivity index (χ0n) is 15.3. The number of benzene rings is 1. The Balaban J connectivity index is 1.45. The number of amides is 1. The number of carbonyl (C=O) groups is 1. The Bertz CT molecular complexity index is 764. The largest absolute Gasteiger partial charge is 0.476 e. The predicted molar refractivity (Wildman–Crippen MR) is 103 cm³/mol. The van der Waals surface area contributed by atoms with Crippen LogP contribution in [0.3, 0.4) is 0 Å². The van der Waals surface area contributed by atoms with Crippen molar-refractivity contribution >= 4 is 23.3 Å². The summed E-state index contributed by atoms with van der Waals surface area (Å²) in [7, 11) is 0. The van der Waals surface area contributed by atoms with Gasteiger partial charge in [-0.05, 0) is 24.6 Å². The molecule has 1 saturated heterocycles. The predicted octanol–water partition coefficient (Wildman–Crippen LogP) is 2.01. The lowest BCUT2D eigenvalue weighted by Gasteiger charge is -2.28. The Morgan fingerprint density at radius 3 is 2.74 bits per heavy atom. The molecule has 2 aromatic rings. The summed E-state index contributed by atoms with van der Waals surface area (Å²) in [5, 5.41) is 3.50. The average Bonchev–Trinajstić information content (AvgIpc) is 2.67. The quantitative estimate of drug-likeness (QED) is 0.729. The van der Waals surface area contributed by atoms with Crippen LogP contribution >= 0.6 is 11.6 Å². The van der Waals surface area contributed by atoms with Crippen LogP contribution in [0.15, 0.2) is 30.3 Å². The Kier molecular flexibility index (Phi) is 6.84. The number of aryl methyl sites for hydroxylation is 1. The van der Waals surface area contributed by atoms with Gasteiger partial charge in [0.1, 0.15) is 18.2 Å². The van der Waals surface area contributed by atoms with E-state index in [-0.39, 0.29) is 5.91 Å². The topological polar surface area (TPSA) is 76.6 Å². The third-order valence-corrected chi connectivity index (χ3v) is 4.34. The van der Waals surface area contributed by atoms with Crippen LogP contribution in [0.1, 0.15) is 11.4 Å². The Morgan fingerprint density at radius 2 is 2.00 bits per heavy atom. The zero-order chi connectivity index (χ0) is 19.1. The Labute approximate surface area is 163 Å². The van der Waals surface area contributed by atoms with Gasteiger partial charge in [0.2, 0.25) is 11.8 Å². The number of ether oxygens (including phenoxy) is 2. The van der Waals surface area contributed by atoms with Gasteiger partial charge in [0, 0.05) is 24.2 Å². The molecule has 0 atom stereocenters. The lowest BCUT2D eigenvalue weighted by atomic mass is 10.1. The minimum Gasteiger partial charge on any atom is -0.476 e. The summed E-state index contributed by atoms with van der Waals surface area (Å²) >= 11 is 5.84. The summed E-state index contributed by atoms with van der Waals surface area (Å²) in [6.07, 6.45) is 0.310. The molecule has 0 spiro atoms. The molecule has 27 heavy (non-hydrogen) atoms.